The molecule has 0 unspecified atom stereocenters. The summed E-state index contributed by atoms with van der Waals surface area (Å²) in [5.41, 5.74) is 8.91. The molecule has 0 bridgehead atoms. The fourth-order valence-electron chi connectivity index (χ4n) is 3.19. The zero-order chi connectivity index (χ0) is 18.8. The van der Waals surface area contributed by atoms with E-state index in [1.54, 1.807) is 35.2 Å². The Labute approximate surface area is 156 Å². The Bertz CT molecular complexity index is 1010. The molecule has 4 N–H and O–H groups in total. The molecule has 1 aliphatic heterocycles. The number of rotatable bonds is 3. The lowest BCUT2D eigenvalue weighted by Crippen LogP contribution is -2.36. The Kier molecular flexibility index (Phi) is 4.33. The van der Waals surface area contributed by atoms with Crippen LogP contribution in [0.15, 0.2) is 54.6 Å². The van der Waals surface area contributed by atoms with Crippen LogP contribution in [0.4, 0.5) is 17.5 Å². The summed E-state index contributed by atoms with van der Waals surface area (Å²) in [6, 6.07) is 16.4. The summed E-state index contributed by atoms with van der Waals surface area (Å²) >= 11 is 0. The van der Waals surface area contributed by atoms with E-state index in [1.165, 1.54) is 5.56 Å². The van der Waals surface area contributed by atoms with Crippen LogP contribution in [-0.4, -0.2) is 32.4 Å². The van der Waals surface area contributed by atoms with Gasteiger partial charge in [0, 0.05) is 19.2 Å². The largest absolute Gasteiger partial charge is 0.506 e. The number of phenols is 1. The first-order valence-electron chi connectivity index (χ1n) is 8.66. The maximum absolute atomic E-state index is 12.9. The molecule has 0 radical (unpaired) electrons. The fraction of sp³-hybridized carbons (Fsp3) is 0.150. The lowest BCUT2D eigenvalue weighted by Gasteiger charge is -2.28. The quantitative estimate of drug-likeness (QED) is 0.620. The summed E-state index contributed by atoms with van der Waals surface area (Å²) in [6.45, 7) is 1.17. The number of benzene rings is 2. The minimum absolute atomic E-state index is 0.00354. The Morgan fingerprint density at radius 1 is 1.07 bits per heavy atom. The molecular weight excluding hydrogens is 342 g/mol. The molecule has 2 aromatic carbocycles. The van der Waals surface area contributed by atoms with Gasteiger partial charge in [-0.2, -0.15) is 4.98 Å². The van der Waals surface area contributed by atoms with Gasteiger partial charge in [0.15, 0.2) is 0 Å². The Hall–Kier alpha value is -3.61. The van der Waals surface area contributed by atoms with E-state index in [0.29, 0.717) is 24.6 Å². The van der Waals surface area contributed by atoms with Crippen molar-refractivity contribution in [2.24, 2.45) is 0 Å². The van der Waals surface area contributed by atoms with Crippen LogP contribution in [-0.2, 0) is 13.0 Å². The van der Waals surface area contributed by atoms with Gasteiger partial charge in [0.2, 0.25) is 5.95 Å². The van der Waals surface area contributed by atoms with Crippen molar-refractivity contribution in [2.75, 3.05) is 17.6 Å². The molecule has 1 aliphatic rings. The van der Waals surface area contributed by atoms with E-state index in [-0.39, 0.29) is 23.3 Å². The second kappa shape index (κ2) is 6.95. The van der Waals surface area contributed by atoms with Gasteiger partial charge in [-0.3, -0.25) is 4.79 Å². The topological polar surface area (TPSA) is 104 Å². The molecule has 7 heteroatoms. The van der Waals surface area contributed by atoms with Crippen molar-refractivity contribution in [2.45, 2.75) is 13.0 Å². The number of nitrogens with two attached hydrogens (primary N) is 1. The molecule has 3 aromatic rings. The van der Waals surface area contributed by atoms with Gasteiger partial charge in [-0.05, 0) is 29.7 Å². The van der Waals surface area contributed by atoms with E-state index in [9.17, 15) is 9.90 Å². The predicted molar refractivity (Wildman–Crippen MR) is 103 cm³/mol. The number of nitrogens with one attached hydrogen (secondary N) is 1. The zero-order valence-corrected chi connectivity index (χ0v) is 14.6. The highest BCUT2D eigenvalue weighted by Gasteiger charge is 2.23. The highest BCUT2D eigenvalue weighted by molar-refractivity contribution is 5.93. The number of anilines is 3. The number of carbonyl (C=O) groups excluding carboxylic acids is 1. The van der Waals surface area contributed by atoms with Crippen LogP contribution in [0.3, 0.4) is 0 Å². The number of aromatic hydroxyl groups is 1. The molecular formula is C20H19N5O2. The van der Waals surface area contributed by atoms with Crippen molar-refractivity contribution in [3.05, 3.63) is 71.4 Å². The number of hydrogen-bond acceptors (Lipinski definition) is 6. The molecule has 27 heavy (non-hydrogen) atoms. The first-order valence-corrected chi connectivity index (χ1v) is 8.66. The summed E-state index contributed by atoms with van der Waals surface area (Å²) in [5.74, 6) is 0.232. The van der Waals surface area contributed by atoms with Gasteiger partial charge >= 0.3 is 0 Å². The first-order chi connectivity index (χ1) is 13.1. The van der Waals surface area contributed by atoms with Crippen molar-refractivity contribution in [1.82, 2.24) is 14.9 Å². The molecule has 0 spiro atoms. The lowest BCUT2D eigenvalue weighted by molar-refractivity contribution is 0.0729. The maximum Gasteiger partial charge on any atom is 0.273 e. The van der Waals surface area contributed by atoms with E-state index in [2.05, 4.69) is 21.4 Å². The van der Waals surface area contributed by atoms with Crippen LogP contribution in [0, 0.1) is 0 Å². The molecule has 136 valence electrons. The fourth-order valence-corrected chi connectivity index (χ4v) is 3.19. The molecule has 1 aromatic heterocycles. The Balaban J connectivity index is 1.58. The number of aromatic nitrogens is 2. The zero-order valence-electron chi connectivity index (χ0n) is 14.6. The van der Waals surface area contributed by atoms with Crippen molar-refractivity contribution in [3.8, 4) is 5.75 Å². The van der Waals surface area contributed by atoms with E-state index in [1.807, 2.05) is 18.2 Å². The van der Waals surface area contributed by atoms with Crippen molar-refractivity contribution >= 4 is 23.4 Å². The summed E-state index contributed by atoms with van der Waals surface area (Å²) in [4.78, 5) is 22.9. The molecule has 0 atom stereocenters. The molecule has 0 saturated heterocycles. The predicted octanol–water partition coefficient (Wildman–Crippen LogP) is 2.71. The Morgan fingerprint density at radius 3 is 2.63 bits per heavy atom. The number of phenolic OH excluding ortho intramolecular Hbond substituents is 1. The van der Waals surface area contributed by atoms with Crippen LogP contribution in [0.5, 0.6) is 5.75 Å². The van der Waals surface area contributed by atoms with Gasteiger partial charge in [0.25, 0.3) is 5.91 Å². The first kappa shape index (κ1) is 16.8. The molecule has 0 saturated carbocycles. The second-order valence-electron chi connectivity index (χ2n) is 6.38. The van der Waals surface area contributed by atoms with Gasteiger partial charge in [-0.15, -0.1) is 0 Å². The van der Waals surface area contributed by atoms with Gasteiger partial charge in [0.1, 0.15) is 17.3 Å². The highest BCUT2D eigenvalue weighted by atomic mass is 16.3. The third-order valence-electron chi connectivity index (χ3n) is 4.55. The lowest BCUT2D eigenvalue weighted by atomic mass is 10.00. The van der Waals surface area contributed by atoms with E-state index >= 15 is 0 Å². The highest BCUT2D eigenvalue weighted by Crippen LogP contribution is 2.26. The van der Waals surface area contributed by atoms with Crippen LogP contribution in [0.25, 0.3) is 0 Å². The van der Waals surface area contributed by atoms with Crippen molar-refractivity contribution in [3.63, 3.8) is 0 Å². The van der Waals surface area contributed by atoms with E-state index in [0.717, 1.165) is 12.0 Å². The number of para-hydroxylation sites is 2. The molecule has 4 rings (SSSR count). The molecule has 1 amide bonds. The number of nitrogens with zero attached hydrogens (tertiary/aromatic N) is 3. The number of fused-ring (bicyclic) bond motifs is 1. The third-order valence-corrected chi connectivity index (χ3v) is 4.55. The normalized spacial score (nSPS) is 13.1. The van der Waals surface area contributed by atoms with Crippen LogP contribution < -0.4 is 11.1 Å². The van der Waals surface area contributed by atoms with E-state index in [4.69, 9.17) is 5.73 Å². The van der Waals surface area contributed by atoms with Crippen molar-refractivity contribution in [1.29, 1.82) is 0 Å². The van der Waals surface area contributed by atoms with Crippen LogP contribution in [0.2, 0.25) is 0 Å². The Morgan fingerprint density at radius 2 is 1.81 bits per heavy atom. The summed E-state index contributed by atoms with van der Waals surface area (Å²) in [5, 5.41) is 12.9. The number of nitrogen functional groups attached to an aromatic ring is 1. The van der Waals surface area contributed by atoms with Gasteiger partial charge in [-0.25, -0.2) is 4.98 Å². The van der Waals surface area contributed by atoms with Crippen LogP contribution >= 0.6 is 0 Å². The number of hydrogen-bond donors (Lipinski definition) is 3. The monoisotopic (exact) mass is 361 g/mol. The van der Waals surface area contributed by atoms with Gasteiger partial charge in [-0.1, -0.05) is 36.4 Å². The summed E-state index contributed by atoms with van der Waals surface area (Å²) < 4.78 is 0. The molecule has 0 fully saturated rings. The minimum Gasteiger partial charge on any atom is -0.506 e. The molecule has 0 aliphatic carbocycles. The second-order valence-corrected chi connectivity index (χ2v) is 6.38. The third kappa shape index (κ3) is 3.52. The molecule has 2 heterocycles. The minimum atomic E-state index is -0.195. The average Bonchev–Trinajstić information content (AvgIpc) is 2.68. The van der Waals surface area contributed by atoms with Gasteiger partial charge in [0.05, 0.1) is 5.69 Å². The summed E-state index contributed by atoms with van der Waals surface area (Å²) in [6.07, 6.45) is 0.811. The maximum atomic E-state index is 12.9. The molecule has 7 nitrogen and oxygen atoms in total. The van der Waals surface area contributed by atoms with Crippen LogP contribution in [0.1, 0.15) is 21.6 Å². The SMILES string of the molecule is Nc1nc(Nc2ccccc2O)cc(C(=O)N2CCc3ccccc3C2)n1. The average molecular weight is 361 g/mol. The smallest absolute Gasteiger partial charge is 0.273 e. The number of carbonyl (C=O) groups is 1. The van der Waals surface area contributed by atoms with Crippen molar-refractivity contribution < 1.29 is 9.90 Å². The number of amides is 1. The summed E-state index contributed by atoms with van der Waals surface area (Å²) in [7, 11) is 0. The van der Waals surface area contributed by atoms with Gasteiger partial charge < -0.3 is 21.1 Å². The van der Waals surface area contributed by atoms with E-state index < -0.39 is 0 Å². The standard InChI is InChI=1S/C20H19N5O2/c21-20-23-16(11-18(24-20)22-15-7-3-4-8-17(15)26)19(27)25-10-9-13-5-1-2-6-14(13)12-25/h1-8,11,26H,9-10,12H2,(H3,21,22,23,24).